The van der Waals surface area contributed by atoms with E-state index in [0.29, 0.717) is 0 Å². The molecule has 1 amide bonds. The van der Waals surface area contributed by atoms with Crippen LogP contribution < -0.4 is 0 Å². The van der Waals surface area contributed by atoms with Gasteiger partial charge in [0, 0.05) is 44.8 Å². The van der Waals surface area contributed by atoms with E-state index in [0.717, 1.165) is 43.9 Å². The van der Waals surface area contributed by atoms with E-state index < -0.39 is 0 Å². The lowest BCUT2D eigenvalue weighted by molar-refractivity contribution is 0.0643. The SMILES string of the molecule is CCN1CCN(C(=O)c2ccc3nccn3c2)CC1. The summed E-state index contributed by atoms with van der Waals surface area (Å²) in [6, 6.07) is 3.74. The molecule has 2 aromatic rings. The first-order valence-corrected chi connectivity index (χ1v) is 6.72. The molecule has 2 aromatic heterocycles. The zero-order chi connectivity index (χ0) is 13.2. The molecule has 1 aliphatic rings. The minimum Gasteiger partial charge on any atom is -0.336 e. The largest absolute Gasteiger partial charge is 0.336 e. The van der Waals surface area contributed by atoms with Crippen molar-refractivity contribution >= 4 is 11.6 Å². The maximum Gasteiger partial charge on any atom is 0.255 e. The molecule has 100 valence electrons. The Balaban J connectivity index is 1.76. The van der Waals surface area contributed by atoms with Gasteiger partial charge in [-0.15, -0.1) is 0 Å². The minimum absolute atomic E-state index is 0.117. The van der Waals surface area contributed by atoms with Gasteiger partial charge in [-0.05, 0) is 18.7 Å². The zero-order valence-electron chi connectivity index (χ0n) is 11.1. The lowest BCUT2D eigenvalue weighted by Crippen LogP contribution is -2.48. The van der Waals surface area contributed by atoms with Crippen molar-refractivity contribution in [3.05, 3.63) is 36.3 Å². The Morgan fingerprint density at radius 1 is 1.26 bits per heavy atom. The fourth-order valence-electron chi connectivity index (χ4n) is 2.50. The van der Waals surface area contributed by atoms with Gasteiger partial charge in [0.05, 0.1) is 5.56 Å². The number of hydrogen-bond acceptors (Lipinski definition) is 3. The number of hydrogen-bond donors (Lipinski definition) is 0. The molecule has 0 radical (unpaired) electrons. The van der Waals surface area contributed by atoms with Crippen LogP contribution in [-0.4, -0.2) is 57.8 Å². The van der Waals surface area contributed by atoms with Gasteiger partial charge in [-0.3, -0.25) is 4.79 Å². The van der Waals surface area contributed by atoms with Crippen LogP contribution in [0, 0.1) is 0 Å². The number of carbonyl (C=O) groups is 1. The second-order valence-corrected chi connectivity index (χ2v) is 4.84. The van der Waals surface area contributed by atoms with E-state index in [2.05, 4.69) is 16.8 Å². The Bertz CT molecular complexity index is 584. The van der Waals surface area contributed by atoms with Crippen LogP contribution in [0.1, 0.15) is 17.3 Å². The standard InChI is InChI=1S/C14H18N4O/c1-2-16-7-9-17(10-8-16)14(19)12-3-4-13-15-5-6-18(13)11-12/h3-6,11H,2,7-10H2,1H3. The van der Waals surface area contributed by atoms with Gasteiger partial charge in [0.2, 0.25) is 0 Å². The van der Waals surface area contributed by atoms with E-state index in [-0.39, 0.29) is 5.91 Å². The van der Waals surface area contributed by atoms with Crippen molar-refractivity contribution < 1.29 is 4.79 Å². The van der Waals surface area contributed by atoms with Crippen LogP contribution in [0.2, 0.25) is 0 Å². The Kier molecular flexibility index (Phi) is 3.21. The van der Waals surface area contributed by atoms with Crippen LogP contribution in [0.3, 0.4) is 0 Å². The van der Waals surface area contributed by atoms with Crippen LogP contribution in [-0.2, 0) is 0 Å². The van der Waals surface area contributed by atoms with Gasteiger partial charge in [0.1, 0.15) is 5.65 Å². The number of imidazole rings is 1. The second kappa shape index (κ2) is 5.01. The lowest BCUT2D eigenvalue weighted by Gasteiger charge is -2.34. The van der Waals surface area contributed by atoms with Crippen molar-refractivity contribution in [1.29, 1.82) is 0 Å². The summed E-state index contributed by atoms with van der Waals surface area (Å²) in [6.07, 6.45) is 5.46. The third-order valence-electron chi connectivity index (χ3n) is 3.74. The van der Waals surface area contributed by atoms with E-state index >= 15 is 0 Å². The molecule has 0 N–H and O–H groups in total. The summed E-state index contributed by atoms with van der Waals surface area (Å²) in [6.45, 7) is 6.78. The molecule has 0 bridgehead atoms. The number of aromatic nitrogens is 2. The van der Waals surface area contributed by atoms with Crippen LogP contribution in [0.4, 0.5) is 0 Å². The highest BCUT2D eigenvalue weighted by atomic mass is 16.2. The van der Waals surface area contributed by atoms with E-state index in [4.69, 9.17) is 0 Å². The van der Waals surface area contributed by atoms with Crippen molar-refractivity contribution in [2.45, 2.75) is 6.92 Å². The monoisotopic (exact) mass is 258 g/mol. The zero-order valence-corrected chi connectivity index (χ0v) is 11.1. The molecule has 1 saturated heterocycles. The molecule has 1 fully saturated rings. The molecule has 0 saturated carbocycles. The van der Waals surface area contributed by atoms with Gasteiger partial charge >= 0.3 is 0 Å². The minimum atomic E-state index is 0.117. The molecule has 3 heterocycles. The fraction of sp³-hybridized carbons (Fsp3) is 0.429. The van der Waals surface area contributed by atoms with Crippen molar-refractivity contribution in [2.75, 3.05) is 32.7 Å². The number of pyridine rings is 1. The average molecular weight is 258 g/mol. The number of nitrogens with zero attached hydrogens (tertiary/aromatic N) is 4. The number of carbonyl (C=O) groups excluding carboxylic acids is 1. The van der Waals surface area contributed by atoms with Crippen LogP contribution in [0.15, 0.2) is 30.7 Å². The smallest absolute Gasteiger partial charge is 0.255 e. The number of fused-ring (bicyclic) bond motifs is 1. The van der Waals surface area contributed by atoms with Gasteiger partial charge in [-0.2, -0.15) is 0 Å². The number of amides is 1. The summed E-state index contributed by atoms with van der Waals surface area (Å²) >= 11 is 0. The Morgan fingerprint density at radius 3 is 2.79 bits per heavy atom. The van der Waals surface area contributed by atoms with Crippen LogP contribution in [0.25, 0.3) is 5.65 Å². The first-order chi connectivity index (χ1) is 9.28. The highest BCUT2D eigenvalue weighted by Crippen LogP contribution is 2.10. The van der Waals surface area contributed by atoms with Crippen molar-refractivity contribution in [2.24, 2.45) is 0 Å². The number of piperazine rings is 1. The molecule has 5 heteroatoms. The predicted octanol–water partition coefficient (Wildman–Crippen LogP) is 1.11. The Hall–Kier alpha value is -1.88. The summed E-state index contributed by atoms with van der Waals surface area (Å²) in [5, 5.41) is 0. The molecular formula is C14H18N4O. The predicted molar refractivity (Wildman–Crippen MR) is 73.2 cm³/mol. The van der Waals surface area contributed by atoms with E-state index in [1.54, 1.807) is 6.20 Å². The lowest BCUT2D eigenvalue weighted by atomic mass is 10.2. The highest BCUT2D eigenvalue weighted by Gasteiger charge is 2.21. The van der Waals surface area contributed by atoms with Gasteiger partial charge in [0.15, 0.2) is 0 Å². The maximum absolute atomic E-state index is 12.4. The number of rotatable bonds is 2. The molecule has 3 rings (SSSR count). The first-order valence-electron chi connectivity index (χ1n) is 6.72. The maximum atomic E-state index is 12.4. The summed E-state index contributed by atoms with van der Waals surface area (Å²) in [4.78, 5) is 20.9. The molecule has 0 unspecified atom stereocenters. The Labute approximate surface area is 112 Å². The molecule has 19 heavy (non-hydrogen) atoms. The molecule has 0 atom stereocenters. The van der Waals surface area contributed by atoms with E-state index in [9.17, 15) is 4.79 Å². The van der Waals surface area contributed by atoms with Crippen molar-refractivity contribution in [3.8, 4) is 0 Å². The fourth-order valence-corrected chi connectivity index (χ4v) is 2.50. The van der Waals surface area contributed by atoms with Gasteiger partial charge in [-0.1, -0.05) is 6.92 Å². The van der Waals surface area contributed by atoms with Crippen molar-refractivity contribution in [3.63, 3.8) is 0 Å². The van der Waals surface area contributed by atoms with Gasteiger partial charge in [-0.25, -0.2) is 4.98 Å². The summed E-state index contributed by atoms with van der Waals surface area (Å²) in [5.41, 5.74) is 1.60. The van der Waals surface area contributed by atoms with E-state index in [1.807, 2.05) is 33.8 Å². The third kappa shape index (κ3) is 2.33. The van der Waals surface area contributed by atoms with Gasteiger partial charge in [0.25, 0.3) is 5.91 Å². The molecular weight excluding hydrogens is 240 g/mol. The molecule has 0 aliphatic carbocycles. The first kappa shape index (κ1) is 12.2. The quantitative estimate of drug-likeness (QED) is 0.810. The summed E-state index contributed by atoms with van der Waals surface area (Å²) in [7, 11) is 0. The normalized spacial score (nSPS) is 17.0. The molecule has 0 aromatic carbocycles. The average Bonchev–Trinajstić information content (AvgIpc) is 2.94. The molecule has 0 spiro atoms. The Morgan fingerprint density at radius 2 is 2.05 bits per heavy atom. The van der Waals surface area contributed by atoms with Crippen LogP contribution in [0.5, 0.6) is 0 Å². The molecule has 1 aliphatic heterocycles. The second-order valence-electron chi connectivity index (χ2n) is 4.84. The summed E-state index contributed by atoms with van der Waals surface area (Å²) in [5.74, 6) is 0.117. The van der Waals surface area contributed by atoms with E-state index in [1.165, 1.54) is 0 Å². The molecule has 5 nitrogen and oxygen atoms in total. The third-order valence-corrected chi connectivity index (χ3v) is 3.74. The highest BCUT2D eigenvalue weighted by molar-refractivity contribution is 5.94. The topological polar surface area (TPSA) is 40.8 Å². The summed E-state index contributed by atoms with van der Waals surface area (Å²) < 4.78 is 1.88. The van der Waals surface area contributed by atoms with Crippen molar-refractivity contribution in [1.82, 2.24) is 19.2 Å². The number of likely N-dealkylation sites (N-methyl/N-ethyl adjacent to an activating group) is 1. The van der Waals surface area contributed by atoms with Gasteiger partial charge < -0.3 is 14.2 Å². The van der Waals surface area contributed by atoms with Crippen LogP contribution >= 0.6 is 0 Å².